The largest absolute Gasteiger partial charge is 0.467 e. The number of ether oxygens (including phenoxy) is 1. The monoisotopic (exact) mass is 219 g/mol. The Hall–Kier alpha value is -0.710. The van der Waals surface area contributed by atoms with Crippen LogP contribution >= 0.6 is 11.3 Å². The molecule has 1 aromatic rings. The van der Waals surface area contributed by atoms with Gasteiger partial charge in [0.15, 0.2) is 0 Å². The minimum Gasteiger partial charge on any atom is -0.467 e. The van der Waals surface area contributed by atoms with Crippen LogP contribution in [0.4, 0.5) is 8.78 Å². The van der Waals surface area contributed by atoms with Crippen molar-refractivity contribution in [2.45, 2.75) is 37.7 Å². The average molecular weight is 219 g/mol. The van der Waals surface area contributed by atoms with Gasteiger partial charge in [0.1, 0.15) is 6.10 Å². The minimum absolute atomic E-state index is 0.0664. The van der Waals surface area contributed by atoms with Crippen molar-refractivity contribution in [1.82, 2.24) is 4.98 Å². The zero-order valence-corrected chi connectivity index (χ0v) is 8.40. The van der Waals surface area contributed by atoms with Gasteiger partial charge in [-0.05, 0) is 12.8 Å². The Morgan fingerprint density at radius 2 is 2.14 bits per heavy atom. The number of halogens is 2. The predicted molar refractivity (Wildman–Crippen MR) is 49.9 cm³/mol. The van der Waals surface area contributed by atoms with E-state index >= 15 is 0 Å². The van der Waals surface area contributed by atoms with Gasteiger partial charge in [0.2, 0.25) is 5.92 Å². The number of hydrogen-bond donors (Lipinski definition) is 0. The molecule has 0 amide bonds. The lowest BCUT2D eigenvalue weighted by atomic mass is 9.94. The van der Waals surface area contributed by atoms with Crippen molar-refractivity contribution in [2.24, 2.45) is 0 Å². The fourth-order valence-electron chi connectivity index (χ4n) is 1.54. The fraction of sp³-hybridized carbons (Fsp3) is 0.667. The summed E-state index contributed by atoms with van der Waals surface area (Å²) in [5, 5.41) is 2.40. The van der Waals surface area contributed by atoms with E-state index in [-0.39, 0.29) is 18.9 Å². The summed E-state index contributed by atoms with van der Waals surface area (Å²) in [5.74, 6) is -2.48. The van der Waals surface area contributed by atoms with E-state index in [1.807, 2.05) is 5.38 Å². The van der Waals surface area contributed by atoms with Gasteiger partial charge >= 0.3 is 0 Å². The standard InChI is InChI=1S/C9H11F2NOS/c10-9(11)3-1-7(2-4-9)13-8-12-5-6-14-8/h5-7H,1-4H2. The molecule has 0 spiro atoms. The number of thiazole rings is 1. The summed E-state index contributed by atoms with van der Waals surface area (Å²) in [6.45, 7) is 0. The number of aromatic nitrogens is 1. The molecule has 1 fully saturated rings. The van der Waals surface area contributed by atoms with Crippen molar-refractivity contribution in [3.63, 3.8) is 0 Å². The van der Waals surface area contributed by atoms with Crippen molar-refractivity contribution in [2.75, 3.05) is 0 Å². The number of nitrogens with zero attached hydrogens (tertiary/aromatic N) is 1. The molecule has 2 rings (SSSR count). The molecule has 1 saturated carbocycles. The lowest BCUT2D eigenvalue weighted by molar-refractivity contribution is -0.0582. The highest BCUT2D eigenvalue weighted by Crippen LogP contribution is 2.34. The van der Waals surface area contributed by atoms with E-state index in [2.05, 4.69) is 4.98 Å². The molecule has 1 aliphatic rings. The SMILES string of the molecule is FC1(F)CCC(Oc2nccs2)CC1. The van der Waals surface area contributed by atoms with Crippen LogP contribution in [0.5, 0.6) is 5.19 Å². The lowest BCUT2D eigenvalue weighted by Gasteiger charge is -2.27. The van der Waals surface area contributed by atoms with Crippen LogP contribution < -0.4 is 4.74 Å². The Morgan fingerprint density at radius 3 is 2.71 bits per heavy atom. The average Bonchev–Trinajstić information content (AvgIpc) is 2.61. The fourth-order valence-corrected chi connectivity index (χ4v) is 2.09. The highest BCUT2D eigenvalue weighted by Gasteiger charge is 2.35. The van der Waals surface area contributed by atoms with Crippen molar-refractivity contribution < 1.29 is 13.5 Å². The number of rotatable bonds is 2. The van der Waals surface area contributed by atoms with Gasteiger partial charge < -0.3 is 4.74 Å². The lowest BCUT2D eigenvalue weighted by Crippen LogP contribution is -2.30. The van der Waals surface area contributed by atoms with Gasteiger partial charge in [-0.25, -0.2) is 13.8 Å². The van der Waals surface area contributed by atoms with Gasteiger partial charge in [0, 0.05) is 24.4 Å². The van der Waals surface area contributed by atoms with Gasteiger partial charge in [0.25, 0.3) is 5.19 Å². The van der Waals surface area contributed by atoms with Crippen molar-refractivity contribution in [1.29, 1.82) is 0 Å². The maximum Gasteiger partial charge on any atom is 0.273 e. The topological polar surface area (TPSA) is 22.1 Å². The zero-order valence-electron chi connectivity index (χ0n) is 7.58. The Morgan fingerprint density at radius 1 is 1.43 bits per heavy atom. The van der Waals surface area contributed by atoms with Crippen molar-refractivity contribution >= 4 is 11.3 Å². The van der Waals surface area contributed by atoms with Crippen LogP contribution in [0.15, 0.2) is 11.6 Å². The van der Waals surface area contributed by atoms with Crippen LogP contribution in [0.2, 0.25) is 0 Å². The van der Waals surface area contributed by atoms with Gasteiger partial charge in [0.05, 0.1) is 0 Å². The minimum atomic E-state index is -2.48. The summed E-state index contributed by atoms with van der Waals surface area (Å²) >= 11 is 1.40. The third-order valence-electron chi connectivity index (χ3n) is 2.34. The first-order valence-electron chi connectivity index (χ1n) is 4.60. The summed E-state index contributed by atoms with van der Waals surface area (Å²) in [4.78, 5) is 3.96. The van der Waals surface area contributed by atoms with Crippen LogP contribution in [-0.4, -0.2) is 17.0 Å². The Balaban J connectivity index is 1.85. The molecule has 0 radical (unpaired) electrons. The maximum absolute atomic E-state index is 12.8. The third-order valence-corrected chi connectivity index (χ3v) is 3.00. The third kappa shape index (κ3) is 2.41. The van der Waals surface area contributed by atoms with Crippen LogP contribution in [0.25, 0.3) is 0 Å². The molecule has 0 saturated heterocycles. The van der Waals surface area contributed by atoms with Crippen LogP contribution in [-0.2, 0) is 0 Å². The molecule has 1 aliphatic carbocycles. The van der Waals surface area contributed by atoms with Gasteiger partial charge in [-0.3, -0.25) is 0 Å². The summed E-state index contributed by atoms with van der Waals surface area (Å²) in [7, 11) is 0. The molecule has 1 heterocycles. The Kier molecular flexibility index (Phi) is 2.67. The molecule has 0 N–H and O–H groups in total. The second-order valence-electron chi connectivity index (χ2n) is 3.47. The molecule has 0 atom stereocenters. The van der Waals surface area contributed by atoms with Gasteiger partial charge in [-0.2, -0.15) is 0 Å². The van der Waals surface area contributed by atoms with E-state index in [9.17, 15) is 8.78 Å². The maximum atomic E-state index is 12.8. The number of hydrogen-bond acceptors (Lipinski definition) is 3. The molecular weight excluding hydrogens is 208 g/mol. The van der Waals surface area contributed by atoms with Crippen molar-refractivity contribution in [3.8, 4) is 5.19 Å². The van der Waals surface area contributed by atoms with E-state index in [4.69, 9.17) is 4.74 Å². The molecular formula is C9H11F2NOS. The number of alkyl halides is 2. The molecule has 0 aromatic carbocycles. The van der Waals surface area contributed by atoms with E-state index in [0.717, 1.165) is 0 Å². The predicted octanol–water partition coefficient (Wildman–Crippen LogP) is 3.10. The molecule has 1 aromatic heterocycles. The first kappa shape index (κ1) is 9.83. The summed E-state index contributed by atoms with van der Waals surface area (Å²) in [6, 6.07) is 0. The molecule has 0 aliphatic heterocycles. The Bertz CT molecular complexity index is 279. The van der Waals surface area contributed by atoms with Gasteiger partial charge in [-0.1, -0.05) is 11.3 Å². The second kappa shape index (κ2) is 3.81. The first-order chi connectivity index (χ1) is 6.66. The summed E-state index contributed by atoms with van der Waals surface area (Å²) in [6.07, 6.45) is 2.28. The molecule has 0 unspecified atom stereocenters. The van der Waals surface area contributed by atoms with Crippen molar-refractivity contribution in [3.05, 3.63) is 11.6 Å². The quantitative estimate of drug-likeness (QED) is 0.762. The normalized spacial score (nSPS) is 22.1. The van der Waals surface area contributed by atoms with Crippen LogP contribution in [0.3, 0.4) is 0 Å². The van der Waals surface area contributed by atoms with Gasteiger partial charge in [-0.15, -0.1) is 0 Å². The summed E-state index contributed by atoms with van der Waals surface area (Å²) < 4.78 is 31.0. The molecule has 78 valence electrons. The summed E-state index contributed by atoms with van der Waals surface area (Å²) in [5.41, 5.74) is 0. The smallest absolute Gasteiger partial charge is 0.273 e. The molecule has 14 heavy (non-hydrogen) atoms. The van der Waals surface area contributed by atoms with E-state index in [1.165, 1.54) is 11.3 Å². The van der Waals surface area contributed by atoms with E-state index < -0.39 is 5.92 Å². The van der Waals surface area contributed by atoms with Crippen LogP contribution in [0, 0.1) is 0 Å². The molecule has 5 heteroatoms. The Labute approximate surface area is 84.9 Å². The molecule has 0 bridgehead atoms. The van der Waals surface area contributed by atoms with Crippen LogP contribution in [0.1, 0.15) is 25.7 Å². The highest BCUT2D eigenvalue weighted by molar-refractivity contribution is 7.11. The highest BCUT2D eigenvalue weighted by atomic mass is 32.1. The molecule has 2 nitrogen and oxygen atoms in total. The second-order valence-corrected chi connectivity index (χ2v) is 4.33. The van der Waals surface area contributed by atoms with E-state index in [0.29, 0.717) is 18.0 Å². The van der Waals surface area contributed by atoms with E-state index in [1.54, 1.807) is 6.20 Å². The first-order valence-corrected chi connectivity index (χ1v) is 5.48. The zero-order chi connectivity index (χ0) is 10.0.